The van der Waals surface area contributed by atoms with Crippen molar-refractivity contribution in [3.05, 3.63) is 53.6 Å². The molecule has 0 bridgehead atoms. The summed E-state index contributed by atoms with van der Waals surface area (Å²) in [5, 5.41) is 0. The van der Waals surface area contributed by atoms with Gasteiger partial charge in [0.25, 0.3) is 0 Å². The molecule has 0 amide bonds. The third-order valence-electron chi connectivity index (χ3n) is 3.62. The average molecular weight is 304 g/mol. The molecular weight excluding hydrogens is 288 g/mol. The third-order valence-corrected chi connectivity index (χ3v) is 5.45. The molecule has 110 valence electrons. The maximum atomic E-state index is 12.8. The van der Waals surface area contributed by atoms with Crippen molar-refractivity contribution in [2.75, 3.05) is 12.8 Å². The highest BCUT2D eigenvalue weighted by atomic mass is 32.2. The minimum atomic E-state index is -3.61. The Morgan fingerprint density at radius 3 is 2.29 bits per heavy atom. The van der Waals surface area contributed by atoms with Crippen molar-refractivity contribution < 1.29 is 13.2 Å². The molecule has 0 aromatic heterocycles. The lowest BCUT2D eigenvalue weighted by atomic mass is 10.1. The van der Waals surface area contributed by atoms with Crippen molar-refractivity contribution in [2.24, 2.45) is 0 Å². The van der Waals surface area contributed by atoms with E-state index in [4.69, 9.17) is 10.5 Å². The number of fused-ring (bicyclic) bond motifs is 1. The quantitative estimate of drug-likeness (QED) is 0.880. The van der Waals surface area contributed by atoms with Gasteiger partial charge in [0.2, 0.25) is 10.0 Å². The SMILES string of the molecule is COc1cc(N)ccc1S(=O)(=O)N1Cc2ccccc2C1. The number of nitrogens with zero attached hydrogens (tertiary/aromatic N) is 1. The van der Waals surface area contributed by atoms with Crippen LogP contribution in [0.5, 0.6) is 5.75 Å². The fourth-order valence-electron chi connectivity index (χ4n) is 2.51. The summed E-state index contributed by atoms with van der Waals surface area (Å²) in [7, 11) is -2.18. The molecule has 0 fully saturated rings. The predicted octanol–water partition coefficient (Wildman–Crippen LogP) is 1.98. The van der Waals surface area contributed by atoms with Gasteiger partial charge in [0.15, 0.2) is 0 Å². The Kier molecular flexibility index (Phi) is 3.35. The lowest BCUT2D eigenvalue weighted by Gasteiger charge is -2.18. The average Bonchev–Trinajstić information content (AvgIpc) is 2.91. The van der Waals surface area contributed by atoms with Crippen LogP contribution in [0.25, 0.3) is 0 Å². The van der Waals surface area contributed by atoms with Gasteiger partial charge in [0, 0.05) is 24.8 Å². The number of benzene rings is 2. The van der Waals surface area contributed by atoms with Crippen LogP contribution in [0.15, 0.2) is 47.4 Å². The Labute approximate surface area is 124 Å². The largest absolute Gasteiger partial charge is 0.495 e. The summed E-state index contributed by atoms with van der Waals surface area (Å²) in [5.74, 6) is 0.269. The van der Waals surface area contributed by atoms with E-state index >= 15 is 0 Å². The van der Waals surface area contributed by atoms with Crippen molar-refractivity contribution in [3.63, 3.8) is 0 Å². The Bertz CT molecular complexity index is 762. The van der Waals surface area contributed by atoms with Gasteiger partial charge >= 0.3 is 0 Å². The number of hydrogen-bond acceptors (Lipinski definition) is 4. The van der Waals surface area contributed by atoms with E-state index in [0.717, 1.165) is 11.1 Å². The van der Waals surface area contributed by atoms with Gasteiger partial charge in [-0.2, -0.15) is 4.31 Å². The molecule has 0 unspecified atom stereocenters. The number of ether oxygens (including phenoxy) is 1. The molecule has 1 aliphatic rings. The molecule has 2 N–H and O–H groups in total. The Morgan fingerprint density at radius 2 is 1.71 bits per heavy atom. The van der Waals surface area contributed by atoms with Crippen LogP contribution in [0.3, 0.4) is 0 Å². The second-order valence-corrected chi connectivity index (χ2v) is 6.86. The summed E-state index contributed by atoms with van der Waals surface area (Å²) in [5.41, 5.74) is 8.22. The lowest BCUT2D eigenvalue weighted by Crippen LogP contribution is -2.26. The van der Waals surface area contributed by atoms with Crippen LogP contribution < -0.4 is 10.5 Å². The predicted molar refractivity (Wildman–Crippen MR) is 80.3 cm³/mol. The molecule has 0 aliphatic carbocycles. The van der Waals surface area contributed by atoms with Gasteiger partial charge in [-0.25, -0.2) is 8.42 Å². The van der Waals surface area contributed by atoms with Crippen LogP contribution in [0.2, 0.25) is 0 Å². The van der Waals surface area contributed by atoms with Crippen LogP contribution >= 0.6 is 0 Å². The van der Waals surface area contributed by atoms with Crippen molar-refractivity contribution in [1.29, 1.82) is 0 Å². The number of nitrogen functional groups attached to an aromatic ring is 1. The third kappa shape index (κ3) is 2.36. The summed E-state index contributed by atoms with van der Waals surface area (Å²) in [6, 6.07) is 12.3. The first-order valence-corrected chi connectivity index (χ1v) is 7.97. The van der Waals surface area contributed by atoms with Crippen LogP contribution in [0.4, 0.5) is 5.69 Å². The van der Waals surface area contributed by atoms with Gasteiger partial charge < -0.3 is 10.5 Å². The maximum Gasteiger partial charge on any atom is 0.247 e. The molecule has 2 aromatic carbocycles. The molecule has 0 spiro atoms. The van der Waals surface area contributed by atoms with Crippen LogP contribution in [0, 0.1) is 0 Å². The van der Waals surface area contributed by atoms with E-state index in [-0.39, 0.29) is 10.6 Å². The number of rotatable bonds is 3. The van der Waals surface area contributed by atoms with Gasteiger partial charge in [-0.3, -0.25) is 0 Å². The topological polar surface area (TPSA) is 72.6 Å². The molecule has 0 atom stereocenters. The van der Waals surface area contributed by atoms with Gasteiger partial charge in [0.05, 0.1) is 7.11 Å². The molecule has 1 heterocycles. The van der Waals surface area contributed by atoms with E-state index in [9.17, 15) is 8.42 Å². The molecule has 1 aliphatic heterocycles. The molecule has 0 saturated heterocycles. The highest BCUT2D eigenvalue weighted by Gasteiger charge is 2.32. The van der Waals surface area contributed by atoms with Crippen molar-refractivity contribution in [1.82, 2.24) is 4.31 Å². The molecule has 3 rings (SSSR count). The molecule has 2 aromatic rings. The second-order valence-electron chi connectivity index (χ2n) is 4.95. The van der Waals surface area contributed by atoms with Crippen LogP contribution in [-0.2, 0) is 23.1 Å². The number of hydrogen-bond donors (Lipinski definition) is 1. The van der Waals surface area contributed by atoms with Gasteiger partial charge in [0.1, 0.15) is 10.6 Å². The standard InChI is InChI=1S/C15H16N2O3S/c1-20-14-8-13(16)6-7-15(14)21(18,19)17-9-11-4-2-3-5-12(11)10-17/h2-8H,9-10,16H2,1H3. The Hall–Kier alpha value is -2.05. The normalized spacial score (nSPS) is 14.9. The van der Waals surface area contributed by atoms with E-state index in [1.54, 1.807) is 6.07 Å². The molecule has 5 nitrogen and oxygen atoms in total. The summed E-state index contributed by atoms with van der Waals surface area (Å²) in [6.45, 7) is 0.762. The van der Waals surface area contributed by atoms with E-state index < -0.39 is 10.0 Å². The zero-order chi connectivity index (χ0) is 15.0. The first kappa shape index (κ1) is 13.9. The van der Waals surface area contributed by atoms with Crippen molar-refractivity contribution in [3.8, 4) is 5.75 Å². The number of methoxy groups -OCH3 is 1. The minimum Gasteiger partial charge on any atom is -0.495 e. The van der Waals surface area contributed by atoms with E-state index in [1.807, 2.05) is 24.3 Å². The molecule has 0 saturated carbocycles. The molecule has 6 heteroatoms. The fourth-order valence-corrected chi connectivity index (χ4v) is 4.04. The maximum absolute atomic E-state index is 12.8. The Balaban J connectivity index is 2.00. The van der Waals surface area contributed by atoms with Crippen LogP contribution in [-0.4, -0.2) is 19.8 Å². The minimum absolute atomic E-state index is 0.145. The zero-order valence-corrected chi connectivity index (χ0v) is 12.4. The fraction of sp³-hybridized carbons (Fsp3) is 0.200. The number of nitrogens with two attached hydrogens (primary N) is 1. The number of sulfonamides is 1. The van der Waals surface area contributed by atoms with Gasteiger partial charge in [-0.05, 0) is 23.3 Å². The smallest absolute Gasteiger partial charge is 0.247 e. The summed E-state index contributed by atoms with van der Waals surface area (Å²) < 4.78 is 32.2. The van der Waals surface area contributed by atoms with Gasteiger partial charge in [-0.1, -0.05) is 24.3 Å². The first-order valence-electron chi connectivity index (χ1n) is 6.53. The van der Waals surface area contributed by atoms with Gasteiger partial charge in [-0.15, -0.1) is 0 Å². The highest BCUT2D eigenvalue weighted by molar-refractivity contribution is 7.89. The zero-order valence-electron chi connectivity index (χ0n) is 11.6. The molecule has 21 heavy (non-hydrogen) atoms. The van der Waals surface area contributed by atoms with Crippen molar-refractivity contribution in [2.45, 2.75) is 18.0 Å². The lowest BCUT2D eigenvalue weighted by molar-refractivity contribution is 0.393. The van der Waals surface area contributed by atoms with E-state index in [1.165, 1.54) is 23.5 Å². The first-order chi connectivity index (χ1) is 10.0. The molecular formula is C15H16N2O3S. The summed E-state index contributed by atoms with van der Waals surface area (Å²) in [4.78, 5) is 0.145. The van der Waals surface area contributed by atoms with Crippen LogP contribution in [0.1, 0.15) is 11.1 Å². The van der Waals surface area contributed by atoms with E-state index in [2.05, 4.69) is 0 Å². The highest BCUT2D eigenvalue weighted by Crippen LogP contribution is 2.33. The summed E-state index contributed by atoms with van der Waals surface area (Å²) >= 11 is 0. The van der Waals surface area contributed by atoms with Crippen molar-refractivity contribution >= 4 is 15.7 Å². The molecule has 0 radical (unpaired) electrons. The Morgan fingerprint density at radius 1 is 1.10 bits per heavy atom. The van der Waals surface area contributed by atoms with E-state index in [0.29, 0.717) is 18.8 Å². The monoisotopic (exact) mass is 304 g/mol. The second kappa shape index (κ2) is 5.05. The number of anilines is 1. The summed E-state index contributed by atoms with van der Waals surface area (Å²) in [6.07, 6.45) is 0.